The monoisotopic (exact) mass is 547 g/mol. The zero-order chi connectivity index (χ0) is 28.9. The number of para-hydroxylation sites is 1. The number of unbranched alkanes of at least 4 members (excludes halogenated alkanes) is 2. The Labute approximate surface area is 234 Å². The summed E-state index contributed by atoms with van der Waals surface area (Å²) in [7, 11) is 1.68. The number of carboxylic acids is 1. The van der Waals surface area contributed by atoms with E-state index in [-0.39, 0.29) is 18.2 Å². The van der Waals surface area contributed by atoms with Crippen molar-refractivity contribution in [3.63, 3.8) is 0 Å². The van der Waals surface area contributed by atoms with Crippen LogP contribution in [0.1, 0.15) is 58.4 Å². The van der Waals surface area contributed by atoms with E-state index in [1.54, 1.807) is 55.6 Å². The van der Waals surface area contributed by atoms with Crippen LogP contribution < -0.4 is 25.4 Å². The fourth-order valence-corrected chi connectivity index (χ4v) is 3.99. The standard InChI is InChI=1S/C31H37N3O6/c1-22-12-17-26(28(21-22)40-19-7-3-4-11-29(35)36)34(2)31(38)23-13-15-24(16-14-23)33-30(37)25-9-5-6-10-27(25)39-20-8-18-32/h5-6,9-10,12-17,21H,3-4,7-8,11,18-20,32H2,1-2H3,(H,33,37)(H,35,36). The molecule has 212 valence electrons. The van der Waals surface area contributed by atoms with E-state index in [0.717, 1.165) is 18.4 Å². The second kappa shape index (κ2) is 15.3. The number of nitrogens with two attached hydrogens (primary N) is 1. The van der Waals surface area contributed by atoms with Crippen LogP contribution in [0.3, 0.4) is 0 Å². The molecule has 9 heteroatoms. The van der Waals surface area contributed by atoms with E-state index in [4.69, 9.17) is 20.3 Å². The Kier molecular flexibility index (Phi) is 11.5. The van der Waals surface area contributed by atoms with Gasteiger partial charge in [0.2, 0.25) is 0 Å². The quantitative estimate of drug-likeness (QED) is 0.221. The number of ether oxygens (including phenoxy) is 2. The average Bonchev–Trinajstić information content (AvgIpc) is 2.95. The third-order valence-electron chi connectivity index (χ3n) is 6.20. The minimum Gasteiger partial charge on any atom is -0.493 e. The Hall–Kier alpha value is -4.37. The SMILES string of the molecule is Cc1ccc(N(C)C(=O)c2ccc(NC(=O)c3ccccc3OCCCN)cc2)c(OCCCCCC(=O)O)c1. The molecule has 4 N–H and O–H groups in total. The number of nitrogens with zero attached hydrogens (tertiary/aromatic N) is 1. The van der Waals surface area contributed by atoms with Gasteiger partial charge in [-0.1, -0.05) is 18.2 Å². The maximum Gasteiger partial charge on any atom is 0.303 e. The predicted molar refractivity (Wildman–Crippen MR) is 156 cm³/mol. The highest BCUT2D eigenvalue weighted by Gasteiger charge is 2.18. The number of rotatable bonds is 15. The smallest absolute Gasteiger partial charge is 0.303 e. The largest absolute Gasteiger partial charge is 0.493 e. The number of hydrogen-bond acceptors (Lipinski definition) is 6. The molecule has 0 spiro atoms. The summed E-state index contributed by atoms with van der Waals surface area (Å²) in [4.78, 5) is 38.4. The van der Waals surface area contributed by atoms with Crippen LogP contribution in [0.4, 0.5) is 11.4 Å². The molecule has 0 unspecified atom stereocenters. The van der Waals surface area contributed by atoms with Crippen molar-refractivity contribution < 1.29 is 29.0 Å². The fourth-order valence-electron chi connectivity index (χ4n) is 3.99. The van der Waals surface area contributed by atoms with Crippen LogP contribution in [0.5, 0.6) is 11.5 Å². The van der Waals surface area contributed by atoms with E-state index in [1.165, 1.54) is 4.90 Å². The highest BCUT2D eigenvalue weighted by molar-refractivity contribution is 6.08. The van der Waals surface area contributed by atoms with Crippen molar-refractivity contribution in [2.24, 2.45) is 5.73 Å². The zero-order valence-corrected chi connectivity index (χ0v) is 23.0. The van der Waals surface area contributed by atoms with Crippen molar-refractivity contribution in [2.75, 3.05) is 37.0 Å². The summed E-state index contributed by atoms with van der Waals surface area (Å²) in [6.45, 7) is 3.30. The summed E-state index contributed by atoms with van der Waals surface area (Å²) in [5, 5.41) is 11.6. The highest BCUT2D eigenvalue weighted by Crippen LogP contribution is 2.30. The van der Waals surface area contributed by atoms with Crippen LogP contribution >= 0.6 is 0 Å². The van der Waals surface area contributed by atoms with E-state index >= 15 is 0 Å². The summed E-state index contributed by atoms with van der Waals surface area (Å²) < 4.78 is 11.7. The first kappa shape index (κ1) is 30.2. The van der Waals surface area contributed by atoms with E-state index in [1.807, 2.05) is 25.1 Å². The summed E-state index contributed by atoms with van der Waals surface area (Å²) in [6, 6.07) is 19.3. The van der Waals surface area contributed by atoms with Gasteiger partial charge in [0.05, 0.1) is 24.5 Å². The molecule has 0 aromatic heterocycles. The lowest BCUT2D eigenvalue weighted by Crippen LogP contribution is -2.27. The van der Waals surface area contributed by atoms with Gasteiger partial charge < -0.3 is 30.5 Å². The van der Waals surface area contributed by atoms with Crippen LogP contribution in [0.25, 0.3) is 0 Å². The first-order valence-corrected chi connectivity index (χ1v) is 13.4. The highest BCUT2D eigenvalue weighted by atomic mass is 16.5. The van der Waals surface area contributed by atoms with E-state index in [0.29, 0.717) is 66.6 Å². The summed E-state index contributed by atoms with van der Waals surface area (Å²) in [5.41, 5.74) is 8.56. The molecule has 3 rings (SSSR count). The number of nitrogens with one attached hydrogen (secondary N) is 1. The molecule has 0 aliphatic rings. The van der Waals surface area contributed by atoms with Gasteiger partial charge in [-0.05, 0) is 93.2 Å². The van der Waals surface area contributed by atoms with Gasteiger partial charge >= 0.3 is 5.97 Å². The molecule has 9 nitrogen and oxygen atoms in total. The zero-order valence-electron chi connectivity index (χ0n) is 23.0. The Balaban J connectivity index is 1.63. The van der Waals surface area contributed by atoms with Crippen LogP contribution in [-0.2, 0) is 4.79 Å². The molecular weight excluding hydrogens is 510 g/mol. The average molecular weight is 548 g/mol. The summed E-state index contributed by atoms with van der Waals surface area (Å²) >= 11 is 0. The minimum atomic E-state index is -0.800. The summed E-state index contributed by atoms with van der Waals surface area (Å²) in [5.74, 6) is -0.273. The molecule has 0 radical (unpaired) electrons. The summed E-state index contributed by atoms with van der Waals surface area (Å²) in [6.07, 6.45) is 2.90. The third kappa shape index (κ3) is 8.84. The lowest BCUT2D eigenvalue weighted by molar-refractivity contribution is -0.137. The third-order valence-corrected chi connectivity index (χ3v) is 6.20. The first-order valence-electron chi connectivity index (χ1n) is 13.4. The second-order valence-electron chi connectivity index (χ2n) is 9.41. The normalized spacial score (nSPS) is 10.6. The Morgan fingerprint density at radius 1 is 0.875 bits per heavy atom. The molecule has 3 aromatic rings. The molecule has 0 bridgehead atoms. The molecule has 40 heavy (non-hydrogen) atoms. The number of hydrogen-bond donors (Lipinski definition) is 3. The van der Waals surface area contributed by atoms with Crippen molar-refractivity contribution in [3.8, 4) is 11.5 Å². The van der Waals surface area contributed by atoms with Gasteiger partial charge in [-0.3, -0.25) is 14.4 Å². The molecule has 0 aliphatic carbocycles. The van der Waals surface area contributed by atoms with Crippen molar-refractivity contribution in [2.45, 2.75) is 39.0 Å². The van der Waals surface area contributed by atoms with Crippen LogP contribution in [0, 0.1) is 6.92 Å². The molecule has 0 fully saturated rings. The van der Waals surface area contributed by atoms with Crippen molar-refractivity contribution in [1.29, 1.82) is 0 Å². The lowest BCUT2D eigenvalue weighted by atomic mass is 10.1. The van der Waals surface area contributed by atoms with Crippen LogP contribution in [0.15, 0.2) is 66.7 Å². The van der Waals surface area contributed by atoms with E-state index in [2.05, 4.69) is 5.32 Å². The van der Waals surface area contributed by atoms with Gasteiger partial charge in [-0.25, -0.2) is 0 Å². The van der Waals surface area contributed by atoms with Crippen molar-refractivity contribution >= 4 is 29.2 Å². The van der Waals surface area contributed by atoms with Gasteiger partial charge in [0.1, 0.15) is 11.5 Å². The van der Waals surface area contributed by atoms with E-state index in [9.17, 15) is 14.4 Å². The number of benzene rings is 3. The molecule has 0 saturated heterocycles. The number of carbonyl (C=O) groups is 3. The number of carbonyl (C=O) groups excluding carboxylic acids is 2. The van der Waals surface area contributed by atoms with Gasteiger partial charge in [0.25, 0.3) is 11.8 Å². The Morgan fingerprint density at radius 3 is 2.30 bits per heavy atom. The predicted octanol–water partition coefficient (Wildman–Crippen LogP) is 5.28. The maximum absolute atomic E-state index is 13.3. The number of aliphatic carboxylic acids is 1. The second-order valence-corrected chi connectivity index (χ2v) is 9.41. The van der Waals surface area contributed by atoms with Crippen LogP contribution in [-0.4, -0.2) is 49.7 Å². The molecule has 0 saturated carbocycles. The molecule has 0 atom stereocenters. The topological polar surface area (TPSA) is 131 Å². The number of aryl methyl sites for hydroxylation is 1. The minimum absolute atomic E-state index is 0.145. The van der Waals surface area contributed by atoms with Crippen molar-refractivity contribution in [1.82, 2.24) is 0 Å². The van der Waals surface area contributed by atoms with Gasteiger partial charge in [-0.15, -0.1) is 0 Å². The Bertz CT molecular complexity index is 1290. The lowest BCUT2D eigenvalue weighted by Gasteiger charge is -2.21. The number of anilines is 2. The molecular formula is C31H37N3O6. The fraction of sp³-hybridized carbons (Fsp3) is 0.323. The van der Waals surface area contributed by atoms with Gasteiger partial charge in [-0.2, -0.15) is 0 Å². The molecule has 3 aromatic carbocycles. The molecule has 2 amide bonds. The molecule has 0 heterocycles. The van der Waals surface area contributed by atoms with Crippen LogP contribution in [0.2, 0.25) is 0 Å². The molecule has 0 aliphatic heterocycles. The van der Waals surface area contributed by atoms with E-state index < -0.39 is 5.97 Å². The van der Waals surface area contributed by atoms with Gasteiger partial charge in [0.15, 0.2) is 0 Å². The number of carboxylic acid groups (broad SMARTS) is 1. The first-order chi connectivity index (χ1) is 19.3. The van der Waals surface area contributed by atoms with Crippen molar-refractivity contribution in [3.05, 3.63) is 83.4 Å². The number of amides is 2. The van der Waals surface area contributed by atoms with Gasteiger partial charge in [0, 0.05) is 24.7 Å². The maximum atomic E-state index is 13.3. The Morgan fingerprint density at radius 2 is 1.57 bits per heavy atom.